The van der Waals surface area contributed by atoms with Crippen molar-refractivity contribution in [2.24, 2.45) is 5.92 Å². The average Bonchev–Trinajstić information content (AvgIpc) is 2.86. The van der Waals surface area contributed by atoms with Gasteiger partial charge in [-0.2, -0.15) is 5.10 Å². The summed E-state index contributed by atoms with van der Waals surface area (Å²) in [6.07, 6.45) is 3.12. The molecular weight excluding hydrogens is 216 g/mol. The van der Waals surface area contributed by atoms with E-state index in [0.29, 0.717) is 18.4 Å². The van der Waals surface area contributed by atoms with Crippen LogP contribution in [-0.2, 0) is 11.2 Å². The largest absolute Gasteiger partial charge is 0.390 e. The minimum Gasteiger partial charge on any atom is -0.390 e. The van der Waals surface area contributed by atoms with Crippen LogP contribution in [0.15, 0.2) is 12.3 Å². The number of rotatable bonds is 4. The molecule has 4 heteroatoms. The van der Waals surface area contributed by atoms with Crippen LogP contribution in [0.5, 0.6) is 0 Å². The Bertz CT molecular complexity index is 362. The van der Waals surface area contributed by atoms with Crippen molar-refractivity contribution in [1.29, 1.82) is 0 Å². The van der Waals surface area contributed by atoms with Crippen LogP contribution in [0.3, 0.4) is 0 Å². The first kappa shape index (κ1) is 12.6. The lowest BCUT2D eigenvalue weighted by Crippen LogP contribution is -2.31. The summed E-state index contributed by atoms with van der Waals surface area (Å²) in [7, 11) is 0. The monoisotopic (exact) mass is 238 g/mol. The second kappa shape index (κ2) is 5.19. The highest BCUT2D eigenvalue weighted by Crippen LogP contribution is 2.24. The van der Waals surface area contributed by atoms with E-state index in [1.54, 1.807) is 0 Å². The van der Waals surface area contributed by atoms with E-state index >= 15 is 0 Å². The van der Waals surface area contributed by atoms with Gasteiger partial charge in [-0.15, -0.1) is 0 Å². The van der Waals surface area contributed by atoms with E-state index in [2.05, 4.69) is 25.9 Å². The van der Waals surface area contributed by atoms with Gasteiger partial charge in [-0.25, -0.2) is 0 Å². The summed E-state index contributed by atoms with van der Waals surface area (Å²) < 4.78 is 7.49. The van der Waals surface area contributed by atoms with Gasteiger partial charge in [-0.3, -0.25) is 4.68 Å². The van der Waals surface area contributed by atoms with Gasteiger partial charge in [0, 0.05) is 25.3 Å². The van der Waals surface area contributed by atoms with Crippen molar-refractivity contribution in [3.63, 3.8) is 0 Å². The van der Waals surface area contributed by atoms with Gasteiger partial charge >= 0.3 is 0 Å². The molecule has 1 fully saturated rings. The summed E-state index contributed by atoms with van der Waals surface area (Å²) >= 11 is 0. The maximum absolute atomic E-state index is 10.1. The molecule has 0 aliphatic carbocycles. The molecule has 1 aromatic rings. The Labute approximate surface area is 103 Å². The first-order valence-electron chi connectivity index (χ1n) is 6.41. The highest BCUT2D eigenvalue weighted by atomic mass is 16.5. The molecule has 96 valence electrons. The van der Waals surface area contributed by atoms with Crippen LogP contribution in [0, 0.1) is 5.92 Å². The molecule has 2 rings (SSSR count). The first-order chi connectivity index (χ1) is 8.08. The molecule has 0 bridgehead atoms. The molecule has 0 saturated carbocycles. The van der Waals surface area contributed by atoms with E-state index in [-0.39, 0.29) is 6.10 Å². The zero-order valence-electron chi connectivity index (χ0n) is 10.8. The van der Waals surface area contributed by atoms with Crippen LogP contribution in [0.1, 0.15) is 38.9 Å². The van der Waals surface area contributed by atoms with E-state index in [1.807, 2.05) is 16.9 Å². The molecule has 17 heavy (non-hydrogen) atoms. The third kappa shape index (κ3) is 2.87. The number of hydrogen-bond donors (Lipinski definition) is 1. The van der Waals surface area contributed by atoms with E-state index in [4.69, 9.17) is 4.74 Å². The second-order valence-electron chi connectivity index (χ2n) is 5.25. The topological polar surface area (TPSA) is 47.3 Å². The Morgan fingerprint density at radius 2 is 2.35 bits per heavy atom. The molecule has 4 nitrogen and oxygen atoms in total. The van der Waals surface area contributed by atoms with E-state index in [0.717, 1.165) is 18.7 Å². The number of aliphatic hydroxyl groups is 1. The lowest BCUT2D eigenvalue weighted by Gasteiger charge is -2.20. The maximum Gasteiger partial charge on any atom is 0.0864 e. The molecule has 0 radical (unpaired) electrons. The highest BCUT2D eigenvalue weighted by Gasteiger charge is 2.31. The number of aliphatic hydroxyl groups excluding tert-OH is 1. The molecule has 1 saturated heterocycles. The van der Waals surface area contributed by atoms with Crippen LogP contribution < -0.4 is 0 Å². The maximum atomic E-state index is 10.1. The molecule has 1 aliphatic heterocycles. The molecule has 1 aromatic heterocycles. The molecule has 2 heterocycles. The van der Waals surface area contributed by atoms with Gasteiger partial charge in [-0.05, 0) is 32.3 Å². The van der Waals surface area contributed by atoms with Crippen molar-refractivity contribution in [3.05, 3.63) is 18.0 Å². The number of aromatic nitrogens is 2. The van der Waals surface area contributed by atoms with E-state index < -0.39 is 6.10 Å². The molecule has 0 aromatic carbocycles. The van der Waals surface area contributed by atoms with Crippen molar-refractivity contribution in [2.75, 3.05) is 6.61 Å². The SMILES string of the molecule is CC1CCOC1C(O)Cc1ccn(C(C)C)n1. The van der Waals surface area contributed by atoms with Gasteiger partial charge in [0.05, 0.1) is 17.9 Å². The second-order valence-corrected chi connectivity index (χ2v) is 5.25. The fraction of sp³-hybridized carbons (Fsp3) is 0.769. The van der Waals surface area contributed by atoms with Gasteiger partial charge in [0.2, 0.25) is 0 Å². The van der Waals surface area contributed by atoms with Gasteiger partial charge in [0.25, 0.3) is 0 Å². The molecule has 1 N–H and O–H groups in total. The normalized spacial score (nSPS) is 26.6. The smallest absolute Gasteiger partial charge is 0.0864 e. The number of ether oxygens (including phenoxy) is 1. The van der Waals surface area contributed by atoms with Crippen LogP contribution >= 0.6 is 0 Å². The third-order valence-electron chi connectivity index (χ3n) is 3.43. The molecule has 3 atom stereocenters. The van der Waals surface area contributed by atoms with Crippen molar-refractivity contribution in [2.45, 2.75) is 51.9 Å². The molecule has 3 unspecified atom stereocenters. The van der Waals surface area contributed by atoms with Crippen LogP contribution in [0.25, 0.3) is 0 Å². The Balaban J connectivity index is 1.95. The Kier molecular flexibility index (Phi) is 3.84. The highest BCUT2D eigenvalue weighted by molar-refractivity contribution is 5.02. The molecule has 0 spiro atoms. The minimum absolute atomic E-state index is 0.0285. The van der Waals surface area contributed by atoms with Crippen molar-refractivity contribution >= 4 is 0 Å². The van der Waals surface area contributed by atoms with Crippen LogP contribution in [-0.4, -0.2) is 33.7 Å². The summed E-state index contributed by atoms with van der Waals surface area (Å²) in [6, 6.07) is 2.34. The summed E-state index contributed by atoms with van der Waals surface area (Å²) in [5, 5.41) is 14.6. The van der Waals surface area contributed by atoms with Crippen LogP contribution in [0.2, 0.25) is 0 Å². The Morgan fingerprint density at radius 1 is 1.59 bits per heavy atom. The summed E-state index contributed by atoms with van der Waals surface area (Å²) in [5.74, 6) is 0.442. The number of hydrogen-bond acceptors (Lipinski definition) is 3. The average molecular weight is 238 g/mol. The fourth-order valence-corrected chi connectivity index (χ4v) is 2.31. The molecular formula is C13H22N2O2. The van der Waals surface area contributed by atoms with Crippen LogP contribution in [0.4, 0.5) is 0 Å². The number of nitrogens with zero attached hydrogens (tertiary/aromatic N) is 2. The first-order valence-corrected chi connectivity index (χ1v) is 6.41. The third-order valence-corrected chi connectivity index (χ3v) is 3.43. The van der Waals surface area contributed by atoms with Gasteiger partial charge in [-0.1, -0.05) is 6.92 Å². The zero-order valence-corrected chi connectivity index (χ0v) is 10.8. The van der Waals surface area contributed by atoms with Crippen molar-refractivity contribution in [3.8, 4) is 0 Å². The predicted octanol–water partition coefficient (Wildman–Crippen LogP) is 1.79. The fourth-order valence-electron chi connectivity index (χ4n) is 2.31. The van der Waals surface area contributed by atoms with Gasteiger partial charge in [0.15, 0.2) is 0 Å². The Morgan fingerprint density at radius 3 is 2.88 bits per heavy atom. The standard InChI is InChI=1S/C13H22N2O2/c1-9(2)15-6-4-11(14-15)8-12(16)13-10(3)5-7-17-13/h4,6,9-10,12-13,16H,5,7-8H2,1-3H3. The Hall–Kier alpha value is -0.870. The van der Waals surface area contributed by atoms with Gasteiger partial charge in [0.1, 0.15) is 0 Å². The summed E-state index contributed by atoms with van der Waals surface area (Å²) in [4.78, 5) is 0. The van der Waals surface area contributed by atoms with E-state index in [1.165, 1.54) is 0 Å². The zero-order chi connectivity index (χ0) is 12.4. The van der Waals surface area contributed by atoms with Crippen molar-refractivity contribution in [1.82, 2.24) is 9.78 Å². The molecule has 1 aliphatic rings. The van der Waals surface area contributed by atoms with Crippen molar-refractivity contribution < 1.29 is 9.84 Å². The lowest BCUT2D eigenvalue weighted by atomic mass is 9.97. The van der Waals surface area contributed by atoms with E-state index in [9.17, 15) is 5.11 Å². The lowest BCUT2D eigenvalue weighted by molar-refractivity contribution is -0.0162. The summed E-state index contributed by atoms with van der Waals surface area (Å²) in [5.41, 5.74) is 0.939. The predicted molar refractivity (Wildman–Crippen MR) is 65.8 cm³/mol. The molecule has 0 amide bonds. The summed E-state index contributed by atoms with van der Waals surface area (Å²) in [6.45, 7) is 7.08. The van der Waals surface area contributed by atoms with Gasteiger partial charge < -0.3 is 9.84 Å². The minimum atomic E-state index is -0.442. The quantitative estimate of drug-likeness (QED) is 0.870.